The molecule has 1 aliphatic carbocycles. The summed E-state index contributed by atoms with van der Waals surface area (Å²) in [5.74, 6) is 0. The molecule has 0 aromatic carbocycles. The maximum Gasteiger partial charge on any atom is 0.0832 e. The van der Waals surface area contributed by atoms with Crippen molar-refractivity contribution in [2.24, 2.45) is 0 Å². The van der Waals surface area contributed by atoms with Crippen LogP contribution in [0.15, 0.2) is 0 Å². The third-order valence-electron chi connectivity index (χ3n) is 2.00. The first kappa shape index (κ1) is 7.03. The highest BCUT2D eigenvalue weighted by Crippen LogP contribution is 2.23. The number of hydrogen-bond acceptors (Lipinski definition) is 2. The maximum atomic E-state index is 5.19. The summed E-state index contributed by atoms with van der Waals surface area (Å²) in [6.07, 6.45) is 4.28. The zero-order chi connectivity index (χ0) is 6.69. The van der Waals surface area contributed by atoms with Gasteiger partial charge in [0.2, 0.25) is 0 Å². The van der Waals surface area contributed by atoms with E-state index in [0.29, 0.717) is 12.2 Å². The first-order chi connectivity index (χ1) is 4.38. The van der Waals surface area contributed by atoms with Crippen LogP contribution in [0.5, 0.6) is 0 Å². The Morgan fingerprint density at radius 1 is 1.00 bits per heavy atom. The molecule has 0 saturated heterocycles. The Hall–Kier alpha value is -0.0800. The van der Waals surface area contributed by atoms with Gasteiger partial charge in [-0.3, -0.25) is 0 Å². The average molecular weight is 130 g/mol. The quantitative estimate of drug-likeness (QED) is 0.559. The zero-order valence-electron chi connectivity index (χ0n) is 6.09. The van der Waals surface area contributed by atoms with Crippen molar-refractivity contribution in [3.8, 4) is 0 Å². The van der Waals surface area contributed by atoms with Crippen LogP contribution in [0.2, 0.25) is 0 Å². The first-order valence-corrected chi connectivity index (χ1v) is 3.44. The molecule has 9 heavy (non-hydrogen) atoms. The molecule has 0 aromatic rings. The average Bonchev–Trinajstić information content (AvgIpc) is 2.33. The van der Waals surface area contributed by atoms with Gasteiger partial charge in [-0.05, 0) is 19.3 Å². The molecule has 0 aromatic heterocycles. The zero-order valence-corrected chi connectivity index (χ0v) is 6.09. The SMILES string of the molecule is CO[C@H]1CCC[C@H]1OC. The van der Waals surface area contributed by atoms with Gasteiger partial charge in [-0.1, -0.05) is 0 Å². The second-order valence-electron chi connectivity index (χ2n) is 2.48. The van der Waals surface area contributed by atoms with Gasteiger partial charge < -0.3 is 9.47 Å². The van der Waals surface area contributed by atoms with Gasteiger partial charge in [-0.15, -0.1) is 0 Å². The van der Waals surface area contributed by atoms with Crippen LogP contribution < -0.4 is 0 Å². The Bertz CT molecular complexity index is 73.0. The fourth-order valence-electron chi connectivity index (χ4n) is 1.43. The Kier molecular flexibility index (Phi) is 2.49. The summed E-state index contributed by atoms with van der Waals surface area (Å²) in [6.45, 7) is 0. The molecule has 2 atom stereocenters. The minimum atomic E-state index is 0.356. The van der Waals surface area contributed by atoms with Gasteiger partial charge in [-0.25, -0.2) is 0 Å². The van der Waals surface area contributed by atoms with E-state index < -0.39 is 0 Å². The van der Waals surface area contributed by atoms with E-state index in [1.54, 1.807) is 14.2 Å². The van der Waals surface area contributed by atoms with Crippen LogP contribution in [0.1, 0.15) is 19.3 Å². The third kappa shape index (κ3) is 1.43. The van der Waals surface area contributed by atoms with Crippen molar-refractivity contribution in [3.63, 3.8) is 0 Å². The van der Waals surface area contributed by atoms with Crippen LogP contribution in [0, 0.1) is 0 Å². The van der Waals surface area contributed by atoms with Gasteiger partial charge >= 0.3 is 0 Å². The molecular formula is C7H14O2. The van der Waals surface area contributed by atoms with E-state index in [0.717, 1.165) is 12.8 Å². The molecule has 2 nitrogen and oxygen atoms in total. The van der Waals surface area contributed by atoms with Crippen LogP contribution in [-0.2, 0) is 9.47 Å². The van der Waals surface area contributed by atoms with Crippen LogP contribution >= 0.6 is 0 Å². The van der Waals surface area contributed by atoms with Gasteiger partial charge in [0.05, 0.1) is 12.2 Å². The Labute approximate surface area is 56.2 Å². The molecule has 54 valence electrons. The van der Waals surface area contributed by atoms with E-state index in [1.165, 1.54) is 6.42 Å². The Morgan fingerprint density at radius 3 is 1.78 bits per heavy atom. The molecule has 0 radical (unpaired) electrons. The number of hydrogen-bond donors (Lipinski definition) is 0. The minimum Gasteiger partial charge on any atom is -0.379 e. The molecule has 1 aliphatic rings. The lowest BCUT2D eigenvalue weighted by Crippen LogP contribution is -2.23. The highest BCUT2D eigenvalue weighted by Gasteiger charge is 2.26. The van der Waals surface area contributed by atoms with Gasteiger partial charge in [0.15, 0.2) is 0 Å². The summed E-state index contributed by atoms with van der Waals surface area (Å²) in [6, 6.07) is 0. The van der Waals surface area contributed by atoms with Crippen molar-refractivity contribution >= 4 is 0 Å². The summed E-state index contributed by atoms with van der Waals surface area (Å²) in [7, 11) is 3.50. The molecule has 0 aliphatic heterocycles. The van der Waals surface area contributed by atoms with E-state index in [1.807, 2.05) is 0 Å². The van der Waals surface area contributed by atoms with E-state index in [9.17, 15) is 0 Å². The summed E-state index contributed by atoms with van der Waals surface area (Å²) < 4.78 is 10.4. The molecule has 0 bridgehead atoms. The topological polar surface area (TPSA) is 18.5 Å². The van der Waals surface area contributed by atoms with E-state index >= 15 is 0 Å². The van der Waals surface area contributed by atoms with Gasteiger partial charge in [0.1, 0.15) is 0 Å². The fraction of sp³-hybridized carbons (Fsp3) is 1.00. The lowest BCUT2D eigenvalue weighted by atomic mass is 10.3. The van der Waals surface area contributed by atoms with Crippen molar-refractivity contribution in [1.29, 1.82) is 0 Å². The van der Waals surface area contributed by atoms with Crippen molar-refractivity contribution in [2.45, 2.75) is 31.5 Å². The van der Waals surface area contributed by atoms with E-state index in [-0.39, 0.29) is 0 Å². The standard InChI is InChI=1S/C7H14O2/c1-8-6-4-3-5-7(6)9-2/h6-7H,3-5H2,1-2H3/t6-,7+. The molecule has 1 fully saturated rings. The molecule has 0 N–H and O–H groups in total. The fourth-order valence-corrected chi connectivity index (χ4v) is 1.43. The molecular weight excluding hydrogens is 116 g/mol. The molecule has 0 unspecified atom stereocenters. The monoisotopic (exact) mass is 130 g/mol. The van der Waals surface area contributed by atoms with Crippen LogP contribution in [0.3, 0.4) is 0 Å². The predicted molar refractivity (Wildman–Crippen MR) is 35.4 cm³/mol. The smallest absolute Gasteiger partial charge is 0.0832 e. The molecule has 0 amide bonds. The number of ether oxygens (including phenoxy) is 2. The second-order valence-corrected chi connectivity index (χ2v) is 2.48. The Morgan fingerprint density at radius 2 is 1.44 bits per heavy atom. The normalized spacial score (nSPS) is 35.3. The lowest BCUT2D eigenvalue weighted by Gasteiger charge is -2.15. The van der Waals surface area contributed by atoms with Crippen molar-refractivity contribution < 1.29 is 9.47 Å². The van der Waals surface area contributed by atoms with E-state index in [4.69, 9.17) is 9.47 Å². The number of methoxy groups -OCH3 is 2. The van der Waals surface area contributed by atoms with E-state index in [2.05, 4.69) is 0 Å². The Balaban J connectivity index is 2.32. The van der Waals surface area contributed by atoms with Crippen LogP contribution in [-0.4, -0.2) is 26.4 Å². The number of rotatable bonds is 2. The van der Waals surface area contributed by atoms with Gasteiger partial charge in [-0.2, -0.15) is 0 Å². The third-order valence-corrected chi connectivity index (χ3v) is 2.00. The summed E-state index contributed by atoms with van der Waals surface area (Å²) in [5, 5.41) is 0. The molecule has 0 spiro atoms. The predicted octanol–water partition coefficient (Wildman–Crippen LogP) is 1.20. The highest BCUT2D eigenvalue weighted by molar-refractivity contribution is 4.77. The van der Waals surface area contributed by atoms with Crippen molar-refractivity contribution in [2.75, 3.05) is 14.2 Å². The molecule has 2 heteroatoms. The molecule has 1 saturated carbocycles. The van der Waals surface area contributed by atoms with Crippen molar-refractivity contribution in [3.05, 3.63) is 0 Å². The molecule has 0 heterocycles. The van der Waals surface area contributed by atoms with Crippen molar-refractivity contribution in [1.82, 2.24) is 0 Å². The summed E-state index contributed by atoms with van der Waals surface area (Å²) in [5.41, 5.74) is 0. The van der Waals surface area contributed by atoms with Crippen LogP contribution in [0.4, 0.5) is 0 Å². The maximum absolute atomic E-state index is 5.19. The summed E-state index contributed by atoms with van der Waals surface area (Å²) >= 11 is 0. The summed E-state index contributed by atoms with van der Waals surface area (Å²) in [4.78, 5) is 0. The first-order valence-electron chi connectivity index (χ1n) is 3.44. The largest absolute Gasteiger partial charge is 0.379 e. The van der Waals surface area contributed by atoms with Crippen LogP contribution in [0.25, 0.3) is 0 Å². The van der Waals surface area contributed by atoms with Gasteiger partial charge in [0, 0.05) is 14.2 Å². The second kappa shape index (κ2) is 3.18. The highest BCUT2D eigenvalue weighted by atomic mass is 16.5. The molecule has 1 rings (SSSR count). The van der Waals surface area contributed by atoms with Gasteiger partial charge in [0.25, 0.3) is 0 Å². The minimum absolute atomic E-state index is 0.356. The lowest BCUT2D eigenvalue weighted by molar-refractivity contribution is -0.0157.